The van der Waals surface area contributed by atoms with Crippen LogP contribution in [-0.4, -0.2) is 16.0 Å². The molecule has 0 bridgehead atoms. The number of alkyl halides is 3. The Morgan fingerprint density at radius 3 is 2.53 bits per heavy atom. The molecule has 30 heavy (non-hydrogen) atoms. The van der Waals surface area contributed by atoms with Crippen molar-refractivity contribution >= 4 is 5.78 Å². The molecule has 1 aliphatic carbocycles. The van der Waals surface area contributed by atoms with Crippen LogP contribution in [0.25, 0.3) is 11.3 Å². The predicted molar refractivity (Wildman–Crippen MR) is 106 cm³/mol. The highest BCUT2D eigenvalue weighted by molar-refractivity contribution is 5.98. The first-order chi connectivity index (χ1) is 14.4. The van der Waals surface area contributed by atoms with Crippen LogP contribution in [0, 0.1) is 5.92 Å². The molecule has 1 heterocycles. The second-order valence-electron chi connectivity index (χ2n) is 7.50. The van der Waals surface area contributed by atoms with E-state index in [0.717, 1.165) is 37.8 Å². The summed E-state index contributed by atoms with van der Waals surface area (Å²) in [5, 5.41) is 6.78. The summed E-state index contributed by atoms with van der Waals surface area (Å²) in [5.74, 6) is 0.882. The molecule has 156 valence electrons. The van der Waals surface area contributed by atoms with E-state index in [4.69, 9.17) is 4.74 Å². The maximum absolute atomic E-state index is 13.0. The van der Waals surface area contributed by atoms with Crippen molar-refractivity contribution in [3.63, 3.8) is 0 Å². The zero-order valence-corrected chi connectivity index (χ0v) is 16.2. The molecule has 4 rings (SSSR count). The highest BCUT2D eigenvalue weighted by atomic mass is 19.4. The number of nitrogens with one attached hydrogen (secondary N) is 1. The first-order valence-electron chi connectivity index (χ1n) is 9.89. The van der Waals surface area contributed by atoms with Gasteiger partial charge in [0.05, 0.1) is 11.3 Å². The second-order valence-corrected chi connectivity index (χ2v) is 7.50. The van der Waals surface area contributed by atoms with Gasteiger partial charge in [0, 0.05) is 28.8 Å². The van der Waals surface area contributed by atoms with Crippen LogP contribution in [0.5, 0.6) is 5.75 Å². The monoisotopic (exact) mass is 414 g/mol. The molecule has 1 fully saturated rings. The molecule has 0 radical (unpaired) electrons. The third kappa shape index (κ3) is 4.40. The van der Waals surface area contributed by atoms with Gasteiger partial charge < -0.3 is 4.74 Å². The number of ether oxygens (including phenoxy) is 1. The summed E-state index contributed by atoms with van der Waals surface area (Å²) in [5.41, 5.74) is 1.37. The van der Waals surface area contributed by atoms with E-state index in [0.29, 0.717) is 28.1 Å². The van der Waals surface area contributed by atoms with E-state index in [1.807, 2.05) is 0 Å². The topological polar surface area (TPSA) is 55.0 Å². The number of Topliss-reactive ketones (excluding diaryl/α,β-unsaturated/α-hetero) is 1. The molecule has 1 N–H and O–H groups in total. The quantitative estimate of drug-likeness (QED) is 0.500. The van der Waals surface area contributed by atoms with E-state index in [-0.39, 0.29) is 18.3 Å². The van der Waals surface area contributed by atoms with Gasteiger partial charge in [-0.3, -0.25) is 9.89 Å². The van der Waals surface area contributed by atoms with E-state index in [9.17, 15) is 18.0 Å². The molecular formula is C23H21F3N2O2. The highest BCUT2D eigenvalue weighted by Gasteiger charge is 2.30. The first-order valence-corrected chi connectivity index (χ1v) is 9.89. The lowest BCUT2D eigenvalue weighted by molar-refractivity contribution is -0.137. The summed E-state index contributed by atoms with van der Waals surface area (Å²) < 4.78 is 44.7. The molecule has 2 aromatic carbocycles. The van der Waals surface area contributed by atoms with Gasteiger partial charge in [0.1, 0.15) is 12.4 Å². The molecule has 0 saturated heterocycles. The lowest BCUT2D eigenvalue weighted by atomic mass is 9.96. The van der Waals surface area contributed by atoms with Crippen LogP contribution in [0.1, 0.15) is 47.2 Å². The number of benzene rings is 2. The largest absolute Gasteiger partial charge is 0.489 e. The van der Waals surface area contributed by atoms with E-state index in [1.165, 1.54) is 6.07 Å². The van der Waals surface area contributed by atoms with Gasteiger partial charge in [-0.15, -0.1) is 0 Å². The third-order valence-corrected chi connectivity index (χ3v) is 5.44. The number of hydrogen-bond donors (Lipinski definition) is 1. The van der Waals surface area contributed by atoms with Gasteiger partial charge in [0.2, 0.25) is 0 Å². The van der Waals surface area contributed by atoms with Crippen molar-refractivity contribution in [3.8, 4) is 17.0 Å². The number of rotatable bonds is 6. The standard InChI is InChI=1S/C23H21F3N2O2/c24-23(25,26)19-7-3-6-17(12-19)21-18(13-27-28-21)14-30-20-10-8-16(9-11-20)22(29)15-4-1-2-5-15/h3,6-13,15H,1-2,4-5,14H2,(H,27,28). The van der Waals surface area contributed by atoms with Crippen LogP contribution < -0.4 is 4.74 Å². The van der Waals surface area contributed by atoms with Crippen molar-refractivity contribution in [2.45, 2.75) is 38.5 Å². The third-order valence-electron chi connectivity index (χ3n) is 5.44. The molecule has 0 amide bonds. The van der Waals surface area contributed by atoms with Gasteiger partial charge in [0.25, 0.3) is 0 Å². The fourth-order valence-corrected chi connectivity index (χ4v) is 3.82. The second kappa shape index (κ2) is 8.34. The van der Waals surface area contributed by atoms with E-state index >= 15 is 0 Å². The molecule has 0 atom stereocenters. The molecule has 0 aliphatic heterocycles. The molecule has 7 heteroatoms. The van der Waals surface area contributed by atoms with Crippen molar-refractivity contribution in [2.24, 2.45) is 5.92 Å². The number of aromatic nitrogens is 2. The average Bonchev–Trinajstić information content (AvgIpc) is 3.44. The van der Waals surface area contributed by atoms with Crippen molar-refractivity contribution in [2.75, 3.05) is 0 Å². The van der Waals surface area contributed by atoms with E-state index < -0.39 is 11.7 Å². The number of carbonyl (C=O) groups excluding carboxylic acids is 1. The zero-order chi connectivity index (χ0) is 21.1. The summed E-state index contributed by atoms with van der Waals surface area (Å²) in [7, 11) is 0. The number of H-pyrrole nitrogens is 1. The Hall–Kier alpha value is -3.09. The maximum atomic E-state index is 13.0. The van der Waals surface area contributed by atoms with Gasteiger partial charge in [-0.1, -0.05) is 25.0 Å². The smallest absolute Gasteiger partial charge is 0.416 e. The van der Waals surface area contributed by atoms with Crippen molar-refractivity contribution in [1.29, 1.82) is 0 Å². The fraction of sp³-hybridized carbons (Fsp3) is 0.304. The number of carbonyl (C=O) groups is 1. The van der Waals surface area contributed by atoms with E-state index in [2.05, 4.69) is 10.2 Å². The minimum atomic E-state index is -4.42. The lowest BCUT2D eigenvalue weighted by Crippen LogP contribution is -2.10. The summed E-state index contributed by atoms with van der Waals surface area (Å²) >= 11 is 0. The molecule has 3 aromatic rings. The number of aromatic amines is 1. The number of ketones is 1. The van der Waals surface area contributed by atoms with Crippen LogP contribution in [0.4, 0.5) is 13.2 Å². The Bertz CT molecular complexity index is 1020. The number of hydrogen-bond acceptors (Lipinski definition) is 3. The minimum Gasteiger partial charge on any atom is -0.489 e. The number of nitrogens with zero attached hydrogens (tertiary/aromatic N) is 1. The number of halogens is 3. The molecule has 0 unspecified atom stereocenters. The Labute approximate surface area is 172 Å². The van der Waals surface area contributed by atoms with Crippen LogP contribution in [0.2, 0.25) is 0 Å². The Balaban J connectivity index is 1.44. The Kier molecular flexibility index (Phi) is 5.61. The van der Waals surface area contributed by atoms with Crippen molar-refractivity contribution in [3.05, 3.63) is 71.4 Å². The van der Waals surface area contributed by atoms with Crippen molar-refractivity contribution in [1.82, 2.24) is 10.2 Å². The normalized spacial score (nSPS) is 14.8. The van der Waals surface area contributed by atoms with E-state index in [1.54, 1.807) is 36.5 Å². The minimum absolute atomic E-state index is 0.123. The molecule has 1 aromatic heterocycles. The summed E-state index contributed by atoms with van der Waals surface area (Å²) in [6.07, 6.45) is 1.31. The first kappa shape index (κ1) is 20.2. The highest BCUT2D eigenvalue weighted by Crippen LogP contribution is 2.33. The molecule has 4 nitrogen and oxygen atoms in total. The maximum Gasteiger partial charge on any atom is 0.416 e. The van der Waals surface area contributed by atoms with Gasteiger partial charge in [-0.05, 0) is 49.2 Å². The Morgan fingerprint density at radius 2 is 1.83 bits per heavy atom. The van der Waals surface area contributed by atoms with Crippen LogP contribution in [0.3, 0.4) is 0 Å². The average molecular weight is 414 g/mol. The van der Waals surface area contributed by atoms with Gasteiger partial charge in [-0.2, -0.15) is 18.3 Å². The van der Waals surface area contributed by atoms with Gasteiger partial charge in [-0.25, -0.2) is 0 Å². The molecule has 1 saturated carbocycles. The predicted octanol–water partition coefficient (Wildman–Crippen LogP) is 6.05. The van der Waals surface area contributed by atoms with Crippen LogP contribution >= 0.6 is 0 Å². The Morgan fingerprint density at radius 1 is 1.10 bits per heavy atom. The SMILES string of the molecule is O=C(c1ccc(OCc2c[nH]nc2-c2cccc(C(F)(F)F)c2)cc1)C1CCCC1. The van der Waals surface area contributed by atoms with Gasteiger partial charge >= 0.3 is 6.18 Å². The molecule has 1 aliphatic rings. The summed E-state index contributed by atoms with van der Waals surface area (Å²) in [6, 6.07) is 12.1. The lowest BCUT2D eigenvalue weighted by Gasteiger charge is -2.11. The molecule has 0 spiro atoms. The molecular weight excluding hydrogens is 393 g/mol. The van der Waals surface area contributed by atoms with Gasteiger partial charge in [0.15, 0.2) is 5.78 Å². The zero-order valence-electron chi connectivity index (χ0n) is 16.2. The summed E-state index contributed by atoms with van der Waals surface area (Å²) in [4.78, 5) is 12.5. The fourth-order valence-electron chi connectivity index (χ4n) is 3.82. The summed E-state index contributed by atoms with van der Waals surface area (Å²) in [6.45, 7) is 0.137. The van der Waals surface area contributed by atoms with Crippen molar-refractivity contribution < 1.29 is 22.7 Å². The van der Waals surface area contributed by atoms with Crippen LogP contribution in [-0.2, 0) is 12.8 Å². The van der Waals surface area contributed by atoms with Crippen LogP contribution in [0.15, 0.2) is 54.7 Å².